The lowest BCUT2D eigenvalue weighted by atomic mass is 9.84. The first-order valence-electron chi connectivity index (χ1n) is 5.95. The molecule has 1 aromatic heterocycles. The summed E-state index contributed by atoms with van der Waals surface area (Å²) in [4.78, 5) is 4.65. The van der Waals surface area contributed by atoms with Crippen LogP contribution in [0.25, 0.3) is 10.6 Å². The van der Waals surface area contributed by atoms with Gasteiger partial charge in [0.15, 0.2) is 0 Å². The molecule has 0 spiro atoms. The molecule has 1 N–H and O–H groups in total. The number of hydrogen-bond acceptors (Lipinski definition) is 4. The number of thiazole rings is 1. The fraction of sp³-hybridized carbons (Fsp3) is 0.357. The largest absolute Gasteiger partial charge is 0.395 e. The van der Waals surface area contributed by atoms with Gasteiger partial charge in [-0.25, -0.2) is 4.98 Å². The Morgan fingerprint density at radius 2 is 2.06 bits per heavy atom. The minimum absolute atomic E-state index is 0.101. The van der Waals surface area contributed by atoms with Crippen LogP contribution >= 0.6 is 11.3 Å². The second-order valence-electron chi connectivity index (χ2n) is 4.84. The van der Waals surface area contributed by atoms with Gasteiger partial charge in [-0.05, 0) is 6.92 Å². The quantitative estimate of drug-likeness (QED) is 0.922. The summed E-state index contributed by atoms with van der Waals surface area (Å²) in [5, 5.41) is 12.5. The van der Waals surface area contributed by atoms with E-state index < -0.39 is 0 Å². The predicted molar refractivity (Wildman–Crippen MR) is 71.9 cm³/mol. The van der Waals surface area contributed by atoms with Crippen LogP contribution in [0.1, 0.15) is 11.3 Å². The highest BCUT2D eigenvalue weighted by atomic mass is 32.1. The Labute approximate surface area is 110 Å². The summed E-state index contributed by atoms with van der Waals surface area (Å²) in [5.41, 5.74) is 3.07. The van der Waals surface area contributed by atoms with Crippen molar-refractivity contribution in [3.8, 4) is 10.6 Å². The monoisotopic (exact) mass is 261 g/mol. The van der Waals surface area contributed by atoms with Crippen LogP contribution in [0.4, 0.5) is 0 Å². The number of aliphatic hydroxyl groups excluding tert-OH is 1. The Balaban J connectivity index is 1.91. The number of hydrogen-bond donors (Lipinski definition) is 1. The van der Waals surface area contributed by atoms with E-state index in [2.05, 4.69) is 36.2 Å². The predicted octanol–water partition coefficient (Wildman–Crippen LogP) is 2.38. The SMILES string of the molecule is Cc1ccc(-c2nc(C3(CO)COC3)cs2)cc1. The summed E-state index contributed by atoms with van der Waals surface area (Å²) in [6.07, 6.45) is 0. The van der Waals surface area contributed by atoms with Gasteiger partial charge in [-0.3, -0.25) is 0 Å². The topological polar surface area (TPSA) is 42.4 Å². The molecule has 0 atom stereocenters. The number of aromatic nitrogens is 1. The maximum Gasteiger partial charge on any atom is 0.123 e. The lowest BCUT2D eigenvalue weighted by Crippen LogP contribution is -2.49. The lowest BCUT2D eigenvalue weighted by Gasteiger charge is -2.38. The lowest BCUT2D eigenvalue weighted by molar-refractivity contribution is -0.0859. The molecule has 1 saturated heterocycles. The van der Waals surface area contributed by atoms with Gasteiger partial charge in [-0.1, -0.05) is 29.8 Å². The molecule has 3 rings (SSSR count). The summed E-state index contributed by atoms with van der Waals surface area (Å²) in [6.45, 7) is 3.31. The van der Waals surface area contributed by atoms with Crippen molar-refractivity contribution in [2.45, 2.75) is 12.3 Å². The van der Waals surface area contributed by atoms with E-state index in [1.807, 2.05) is 5.38 Å². The van der Waals surface area contributed by atoms with Gasteiger partial charge in [0.2, 0.25) is 0 Å². The molecular weight excluding hydrogens is 246 g/mol. The molecule has 0 radical (unpaired) electrons. The minimum atomic E-state index is -0.264. The second-order valence-corrected chi connectivity index (χ2v) is 5.69. The zero-order valence-electron chi connectivity index (χ0n) is 10.2. The zero-order chi connectivity index (χ0) is 12.6. The molecule has 0 saturated carbocycles. The summed E-state index contributed by atoms with van der Waals surface area (Å²) in [5.74, 6) is 0. The van der Waals surface area contributed by atoms with Crippen LogP contribution in [0.15, 0.2) is 29.6 Å². The number of aryl methyl sites for hydroxylation is 1. The normalized spacial score (nSPS) is 17.4. The second kappa shape index (κ2) is 4.46. The van der Waals surface area contributed by atoms with E-state index in [1.54, 1.807) is 11.3 Å². The van der Waals surface area contributed by atoms with Crippen LogP contribution in [-0.2, 0) is 10.2 Å². The molecule has 3 nitrogen and oxygen atoms in total. The smallest absolute Gasteiger partial charge is 0.123 e. The van der Waals surface area contributed by atoms with E-state index >= 15 is 0 Å². The molecule has 1 aliphatic rings. The zero-order valence-corrected chi connectivity index (χ0v) is 11.0. The number of ether oxygens (including phenoxy) is 1. The van der Waals surface area contributed by atoms with E-state index in [-0.39, 0.29) is 12.0 Å². The molecule has 2 heterocycles. The standard InChI is InChI=1S/C14H15NO2S/c1-10-2-4-11(5-3-10)13-15-12(6-18-13)14(7-16)8-17-9-14/h2-6,16H,7-9H2,1H3. The number of aliphatic hydroxyl groups is 1. The van der Waals surface area contributed by atoms with Crippen LogP contribution in [0.3, 0.4) is 0 Å². The first-order chi connectivity index (χ1) is 8.73. The third-order valence-corrected chi connectivity index (χ3v) is 4.30. The molecule has 94 valence electrons. The molecule has 1 aromatic carbocycles. The van der Waals surface area contributed by atoms with Crippen LogP contribution in [0.5, 0.6) is 0 Å². The third kappa shape index (κ3) is 1.86. The maximum absolute atomic E-state index is 9.49. The molecule has 0 bridgehead atoms. The van der Waals surface area contributed by atoms with Gasteiger partial charge in [0.25, 0.3) is 0 Å². The van der Waals surface area contributed by atoms with Crippen LogP contribution < -0.4 is 0 Å². The minimum Gasteiger partial charge on any atom is -0.395 e. The summed E-state index contributed by atoms with van der Waals surface area (Å²) >= 11 is 1.62. The Morgan fingerprint density at radius 1 is 1.33 bits per heavy atom. The molecule has 2 aromatic rings. The van der Waals surface area contributed by atoms with Crippen molar-refractivity contribution in [2.75, 3.05) is 19.8 Å². The van der Waals surface area contributed by atoms with Gasteiger partial charge in [-0.2, -0.15) is 0 Å². The van der Waals surface area contributed by atoms with Crippen LogP contribution in [0, 0.1) is 6.92 Å². The number of nitrogens with zero attached hydrogens (tertiary/aromatic N) is 1. The van der Waals surface area contributed by atoms with E-state index in [0.717, 1.165) is 16.3 Å². The number of rotatable bonds is 3. The van der Waals surface area contributed by atoms with Gasteiger partial charge < -0.3 is 9.84 Å². The Bertz CT molecular complexity index is 538. The highest BCUT2D eigenvalue weighted by Crippen LogP contribution is 2.35. The van der Waals surface area contributed by atoms with Crippen molar-refractivity contribution in [1.82, 2.24) is 4.98 Å². The molecule has 0 amide bonds. The summed E-state index contributed by atoms with van der Waals surface area (Å²) in [6, 6.07) is 8.34. The first-order valence-corrected chi connectivity index (χ1v) is 6.83. The van der Waals surface area contributed by atoms with Crippen molar-refractivity contribution >= 4 is 11.3 Å². The third-order valence-electron chi connectivity index (χ3n) is 3.41. The Morgan fingerprint density at radius 3 is 2.61 bits per heavy atom. The van der Waals surface area contributed by atoms with Gasteiger partial charge in [0, 0.05) is 10.9 Å². The molecule has 1 aliphatic heterocycles. The van der Waals surface area contributed by atoms with E-state index in [4.69, 9.17) is 4.74 Å². The van der Waals surface area contributed by atoms with Crippen molar-refractivity contribution < 1.29 is 9.84 Å². The Hall–Kier alpha value is -1.23. The first kappa shape index (κ1) is 11.8. The summed E-state index contributed by atoms with van der Waals surface area (Å²) < 4.78 is 5.22. The maximum atomic E-state index is 9.49. The fourth-order valence-electron chi connectivity index (χ4n) is 2.01. The molecule has 18 heavy (non-hydrogen) atoms. The highest BCUT2D eigenvalue weighted by Gasteiger charge is 2.42. The van der Waals surface area contributed by atoms with Gasteiger partial charge >= 0.3 is 0 Å². The molecule has 0 aliphatic carbocycles. The average Bonchev–Trinajstić information content (AvgIpc) is 2.79. The van der Waals surface area contributed by atoms with E-state index in [9.17, 15) is 5.11 Å². The molecule has 0 unspecified atom stereocenters. The molecular formula is C14H15NO2S. The van der Waals surface area contributed by atoms with Crippen LogP contribution in [-0.4, -0.2) is 29.9 Å². The highest BCUT2D eigenvalue weighted by molar-refractivity contribution is 7.13. The van der Waals surface area contributed by atoms with E-state index in [0.29, 0.717) is 13.2 Å². The van der Waals surface area contributed by atoms with Gasteiger partial charge in [0.1, 0.15) is 5.01 Å². The Kier molecular flexibility index (Phi) is 2.93. The summed E-state index contributed by atoms with van der Waals surface area (Å²) in [7, 11) is 0. The van der Waals surface area contributed by atoms with Crippen molar-refractivity contribution in [2.24, 2.45) is 0 Å². The van der Waals surface area contributed by atoms with Crippen molar-refractivity contribution in [3.63, 3.8) is 0 Å². The van der Waals surface area contributed by atoms with Crippen molar-refractivity contribution in [1.29, 1.82) is 0 Å². The molecule has 1 fully saturated rings. The van der Waals surface area contributed by atoms with Gasteiger partial charge in [-0.15, -0.1) is 11.3 Å². The molecule has 4 heteroatoms. The fourth-order valence-corrected chi connectivity index (χ4v) is 2.96. The average molecular weight is 261 g/mol. The number of benzene rings is 1. The van der Waals surface area contributed by atoms with Crippen LogP contribution in [0.2, 0.25) is 0 Å². The van der Waals surface area contributed by atoms with Gasteiger partial charge in [0.05, 0.1) is 30.9 Å². The van der Waals surface area contributed by atoms with Crippen molar-refractivity contribution in [3.05, 3.63) is 40.9 Å². The van der Waals surface area contributed by atoms with E-state index in [1.165, 1.54) is 5.56 Å².